The molecule has 1 amide bonds. The van der Waals surface area contributed by atoms with Gasteiger partial charge in [0, 0.05) is 13.2 Å². The summed E-state index contributed by atoms with van der Waals surface area (Å²) in [5.41, 5.74) is -1.58. The van der Waals surface area contributed by atoms with Crippen LogP contribution in [0.4, 0.5) is 13.2 Å². The predicted molar refractivity (Wildman–Crippen MR) is 79.0 cm³/mol. The van der Waals surface area contributed by atoms with Crippen LogP contribution in [0.3, 0.4) is 0 Å². The highest BCUT2D eigenvalue weighted by Crippen LogP contribution is 2.34. The maximum absolute atomic E-state index is 13.1. The average molecular weight is 343 g/mol. The topological polar surface area (TPSA) is 76.4 Å². The summed E-state index contributed by atoms with van der Waals surface area (Å²) in [7, 11) is 1.46. The van der Waals surface area contributed by atoms with Gasteiger partial charge < -0.3 is 15.2 Å². The number of amides is 1. The summed E-state index contributed by atoms with van der Waals surface area (Å²) in [6.07, 6.45) is -3.63. The number of aromatic nitrogens is 2. The fourth-order valence-electron chi connectivity index (χ4n) is 2.15. The number of ether oxygens (including phenoxy) is 1. The number of carbonyl (C=O) groups is 1. The van der Waals surface area contributed by atoms with Crippen molar-refractivity contribution >= 4 is 5.91 Å². The first-order chi connectivity index (χ1) is 11.2. The molecule has 1 heterocycles. The van der Waals surface area contributed by atoms with E-state index in [-0.39, 0.29) is 24.0 Å². The van der Waals surface area contributed by atoms with Crippen LogP contribution >= 0.6 is 0 Å². The summed E-state index contributed by atoms with van der Waals surface area (Å²) < 4.78 is 44.9. The van der Waals surface area contributed by atoms with Crippen LogP contribution in [-0.4, -0.2) is 40.6 Å². The molecule has 6 nitrogen and oxygen atoms in total. The predicted octanol–water partition coefficient (Wildman–Crippen LogP) is 2.36. The van der Waals surface area contributed by atoms with Gasteiger partial charge in [-0.2, -0.15) is 18.3 Å². The minimum atomic E-state index is -4.59. The van der Waals surface area contributed by atoms with Crippen LogP contribution in [0.15, 0.2) is 30.5 Å². The zero-order valence-corrected chi connectivity index (χ0v) is 13.0. The lowest BCUT2D eigenvalue weighted by Gasteiger charge is -2.12. The largest absolute Gasteiger partial charge is 0.504 e. The van der Waals surface area contributed by atoms with Gasteiger partial charge in [0.2, 0.25) is 0 Å². The van der Waals surface area contributed by atoms with Crippen molar-refractivity contribution in [3.05, 3.63) is 41.7 Å². The number of methoxy groups -OCH3 is 1. The molecule has 0 saturated heterocycles. The zero-order valence-electron chi connectivity index (χ0n) is 13.0. The Labute approximate surface area is 135 Å². The van der Waals surface area contributed by atoms with Gasteiger partial charge in [0.25, 0.3) is 5.91 Å². The van der Waals surface area contributed by atoms with Crippen LogP contribution < -0.4 is 5.32 Å². The second-order valence-electron chi connectivity index (χ2n) is 5.15. The van der Waals surface area contributed by atoms with E-state index >= 15 is 0 Å². The smallest absolute Gasteiger partial charge is 0.418 e. The molecular weight excluding hydrogens is 327 g/mol. The van der Waals surface area contributed by atoms with E-state index < -0.39 is 23.4 Å². The van der Waals surface area contributed by atoms with Gasteiger partial charge in [-0.1, -0.05) is 12.1 Å². The van der Waals surface area contributed by atoms with Crippen molar-refractivity contribution in [3.63, 3.8) is 0 Å². The van der Waals surface area contributed by atoms with Crippen LogP contribution in [0, 0.1) is 0 Å². The molecule has 0 bridgehead atoms. The molecule has 0 fully saturated rings. The van der Waals surface area contributed by atoms with Crippen LogP contribution in [-0.2, 0) is 10.9 Å². The molecule has 1 aromatic heterocycles. The third kappa shape index (κ3) is 3.85. The van der Waals surface area contributed by atoms with Gasteiger partial charge in [0.1, 0.15) is 0 Å². The lowest BCUT2D eigenvalue weighted by Crippen LogP contribution is -2.35. The van der Waals surface area contributed by atoms with E-state index in [0.29, 0.717) is 0 Å². The van der Waals surface area contributed by atoms with E-state index in [4.69, 9.17) is 4.74 Å². The van der Waals surface area contributed by atoms with Gasteiger partial charge in [-0.15, -0.1) is 0 Å². The normalized spacial score (nSPS) is 12.9. The Morgan fingerprint density at radius 3 is 2.71 bits per heavy atom. The summed E-state index contributed by atoms with van der Waals surface area (Å²) in [5, 5.41) is 16.1. The van der Waals surface area contributed by atoms with E-state index in [0.717, 1.165) is 16.9 Å². The highest BCUT2D eigenvalue weighted by atomic mass is 19.4. The van der Waals surface area contributed by atoms with Gasteiger partial charge in [-0.05, 0) is 19.1 Å². The molecule has 0 aliphatic carbocycles. The molecule has 0 aliphatic heterocycles. The Balaban J connectivity index is 2.35. The van der Waals surface area contributed by atoms with Gasteiger partial charge >= 0.3 is 6.18 Å². The maximum atomic E-state index is 13.1. The Morgan fingerprint density at radius 1 is 1.42 bits per heavy atom. The molecule has 1 unspecified atom stereocenters. The van der Waals surface area contributed by atoms with Crippen molar-refractivity contribution < 1.29 is 27.8 Å². The molecule has 1 atom stereocenters. The number of para-hydroxylation sites is 1. The fourth-order valence-corrected chi connectivity index (χ4v) is 2.15. The number of carbonyl (C=O) groups excluding carboxylic acids is 1. The molecule has 0 radical (unpaired) electrons. The minimum Gasteiger partial charge on any atom is -0.504 e. The average Bonchev–Trinajstić information content (AvgIpc) is 2.88. The summed E-state index contributed by atoms with van der Waals surface area (Å²) in [5.74, 6) is -1.23. The van der Waals surface area contributed by atoms with Crippen molar-refractivity contribution in [1.82, 2.24) is 15.1 Å². The standard InChI is InChI=1S/C15H16F3N3O3/c1-9(8-24-2)19-14(23)13-12(22)7-21(20-13)11-6-4-3-5-10(11)15(16,17)18/h3-7,9,22H,8H2,1-2H3,(H,19,23). The number of hydrogen-bond acceptors (Lipinski definition) is 4. The molecule has 24 heavy (non-hydrogen) atoms. The minimum absolute atomic E-state index is 0.240. The summed E-state index contributed by atoms with van der Waals surface area (Å²) in [4.78, 5) is 12.1. The van der Waals surface area contributed by atoms with Crippen LogP contribution in [0.1, 0.15) is 23.0 Å². The monoisotopic (exact) mass is 343 g/mol. The van der Waals surface area contributed by atoms with Crippen molar-refractivity contribution in [2.24, 2.45) is 0 Å². The number of nitrogens with zero attached hydrogens (tertiary/aromatic N) is 2. The van der Waals surface area contributed by atoms with E-state index in [1.807, 2.05) is 0 Å². The van der Waals surface area contributed by atoms with Crippen molar-refractivity contribution in [2.45, 2.75) is 19.1 Å². The lowest BCUT2D eigenvalue weighted by atomic mass is 10.2. The molecule has 130 valence electrons. The first kappa shape index (κ1) is 17.8. The van der Waals surface area contributed by atoms with Gasteiger partial charge in [-0.3, -0.25) is 4.79 Å². The van der Waals surface area contributed by atoms with Crippen molar-refractivity contribution in [3.8, 4) is 11.4 Å². The number of nitrogens with one attached hydrogen (secondary N) is 1. The Bertz CT molecular complexity index is 728. The highest BCUT2D eigenvalue weighted by molar-refractivity contribution is 5.95. The Morgan fingerprint density at radius 2 is 2.08 bits per heavy atom. The number of rotatable bonds is 5. The van der Waals surface area contributed by atoms with Gasteiger partial charge in [-0.25, -0.2) is 4.68 Å². The molecule has 0 spiro atoms. The fraction of sp³-hybridized carbons (Fsp3) is 0.333. The molecular formula is C15H16F3N3O3. The summed E-state index contributed by atoms with van der Waals surface area (Å²) in [6, 6.07) is 4.40. The van der Waals surface area contributed by atoms with E-state index in [9.17, 15) is 23.1 Å². The van der Waals surface area contributed by atoms with Crippen LogP contribution in [0.25, 0.3) is 5.69 Å². The number of alkyl halides is 3. The van der Waals surface area contributed by atoms with Crippen LogP contribution in [0.2, 0.25) is 0 Å². The molecule has 1 aromatic carbocycles. The number of halogens is 3. The third-order valence-corrected chi connectivity index (χ3v) is 3.16. The molecule has 2 aromatic rings. The summed E-state index contributed by atoms with van der Waals surface area (Å²) in [6.45, 7) is 1.92. The lowest BCUT2D eigenvalue weighted by molar-refractivity contribution is -0.137. The Hall–Kier alpha value is -2.55. The number of benzene rings is 1. The quantitative estimate of drug-likeness (QED) is 0.874. The van der Waals surface area contributed by atoms with E-state index in [2.05, 4.69) is 10.4 Å². The molecule has 0 saturated carbocycles. The molecule has 9 heteroatoms. The van der Waals surface area contributed by atoms with Gasteiger partial charge in [0.05, 0.1) is 24.1 Å². The third-order valence-electron chi connectivity index (χ3n) is 3.16. The molecule has 0 aliphatic rings. The number of aromatic hydroxyl groups is 1. The maximum Gasteiger partial charge on any atom is 0.418 e. The SMILES string of the molecule is COCC(C)NC(=O)c1nn(-c2ccccc2C(F)(F)F)cc1O. The van der Waals surface area contributed by atoms with Gasteiger partial charge in [0.15, 0.2) is 11.4 Å². The second kappa shape index (κ2) is 6.91. The second-order valence-corrected chi connectivity index (χ2v) is 5.15. The van der Waals surface area contributed by atoms with E-state index in [1.165, 1.54) is 25.3 Å². The van der Waals surface area contributed by atoms with Crippen molar-refractivity contribution in [2.75, 3.05) is 13.7 Å². The Kier molecular flexibility index (Phi) is 5.13. The molecule has 2 rings (SSSR count). The van der Waals surface area contributed by atoms with Crippen LogP contribution in [0.5, 0.6) is 5.75 Å². The summed E-state index contributed by atoms with van der Waals surface area (Å²) >= 11 is 0. The highest BCUT2D eigenvalue weighted by Gasteiger charge is 2.34. The zero-order chi connectivity index (χ0) is 17.9. The number of hydrogen-bond donors (Lipinski definition) is 2. The van der Waals surface area contributed by atoms with Crippen molar-refractivity contribution in [1.29, 1.82) is 0 Å². The first-order valence-corrected chi connectivity index (χ1v) is 6.99. The van der Waals surface area contributed by atoms with E-state index in [1.54, 1.807) is 6.92 Å². The first-order valence-electron chi connectivity index (χ1n) is 6.99. The molecule has 2 N–H and O–H groups in total.